The first-order valence-corrected chi connectivity index (χ1v) is 9.61. The van der Waals surface area contributed by atoms with Gasteiger partial charge in [-0.2, -0.15) is 0 Å². The fraction of sp³-hybridized carbons (Fsp3) is 0.0909. The van der Waals surface area contributed by atoms with Crippen LogP contribution < -0.4 is 4.90 Å². The SMILES string of the molecule is Cc1cc(C=C2OC(=O)N(c3ccc(Cl)cc3)C2=O)c(C)n1-c1cccc([N+](=O)[O-])c1. The first-order chi connectivity index (χ1) is 14.8. The van der Waals surface area contributed by atoms with Crippen molar-refractivity contribution in [1.82, 2.24) is 4.57 Å². The smallest absolute Gasteiger partial charge is 0.404 e. The average Bonchev–Trinajstić information content (AvgIpc) is 3.17. The molecule has 0 bridgehead atoms. The van der Waals surface area contributed by atoms with E-state index in [9.17, 15) is 19.7 Å². The Morgan fingerprint density at radius 1 is 1.03 bits per heavy atom. The molecule has 0 spiro atoms. The number of nitro benzene ring substituents is 1. The van der Waals surface area contributed by atoms with Crippen LogP contribution in [0.2, 0.25) is 5.02 Å². The van der Waals surface area contributed by atoms with Crippen molar-refractivity contribution in [1.29, 1.82) is 0 Å². The van der Waals surface area contributed by atoms with Gasteiger partial charge in [-0.05, 0) is 61.9 Å². The molecule has 2 amide bonds. The lowest BCUT2D eigenvalue weighted by molar-refractivity contribution is -0.384. The number of rotatable bonds is 4. The van der Waals surface area contributed by atoms with E-state index in [-0.39, 0.29) is 11.4 Å². The number of carbonyl (C=O) groups is 2. The molecule has 1 aliphatic heterocycles. The third-order valence-corrected chi connectivity index (χ3v) is 5.19. The second kappa shape index (κ2) is 7.73. The first kappa shape index (κ1) is 20.4. The number of halogens is 1. The van der Waals surface area contributed by atoms with Crippen LogP contribution in [0.3, 0.4) is 0 Å². The van der Waals surface area contributed by atoms with Crippen molar-refractivity contribution in [2.45, 2.75) is 13.8 Å². The van der Waals surface area contributed by atoms with E-state index in [0.717, 1.165) is 16.3 Å². The lowest BCUT2D eigenvalue weighted by Gasteiger charge is -2.09. The normalized spacial score (nSPS) is 14.9. The van der Waals surface area contributed by atoms with E-state index < -0.39 is 16.9 Å². The van der Waals surface area contributed by atoms with Gasteiger partial charge in [-0.25, -0.2) is 9.69 Å². The van der Waals surface area contributed by atoms with Crippen molar-refractivity contribution in [3.05, 3.63) is 92.4 Å². The van der Waals surface area contributed by atoms with Crippen LogP contribution in [0.5, 0.6) is 0 Å². The van der Waals surface area contributed by atoms with Crippen molar-refractivity contribution in [2.75, 3.05) is 4.90 Å². The summed E-state index contributed by atoms with van der Waals surface area (Å²) in [5.74, 6) is -0.702. The van der Waals surface area contributed by atoms with Crippen LogP contribution >= 0.6 is 11.6 Å². The highest BCUT2D eigenvalue weighted by Crippen LogP contribution is 2.30. The minimum absolute atomic E-state index is 0.0246. The van der Waals surface area contributed by atoms with Gasteiger partial charge >= 0.3 is 12.0 Å². The Morgan fingerprint density at radius 2 is 1.74 bits per heavy atom. The highest BCUT2D eigenvalue weighted by Gasteiger charge is 2.38. The number of anilines is 1. The molecule has 0 atom stereocenters. The highest BCUT2D eigenvalue weighted by atomic mass is 35.5. The number of benzene rings is 2. The fourth-order valence-electron chi connectivity index (χ4n) is 3.50. The number of hydrogen-bond donors (Lipinski definition) is 0. The molecule has 9 heteroatoms. The highest BCUT2D eigenvalue weighted by molar-refractivity contribution is 6.31. The summed E-state index contributed by atoms with van der Waals surface area (Å²) in [5.41, 5.74) is 3.13. The average molecular weight is 438 g/mol. The van der Waals surface area contributed by atoms with Gasteiger partial charge in [0.05, 0.1) is 16.3 Å². The third-order valence-electron chi connectivity index (χ3n) is 4.93. The Morgan fingerprint density at radius 3 is 2.42 bits per heavy atom. The van der Waals surface area contributed by atoms with Gasteiger partial charge in [0, 0.05) is 28.5 Å². The molecule has 0 saturated carbocycles. The van der Waals surface area contributed by atoms with Crippen LogP contribution in [0, 0.1) is 24.0 Å². The minimum Gasteiger partial charge on any atom is -0.404 e. The zero-order chi connectivity index (χ0) is 22.3. The quantitative estimate of drug-likeness (QED) is 0.318. The molecule has 0 aliphatic carbocycles. The number of carbonyl (C=O) groups excluding carboxylic acids is 2. The lowest BCUT2D eigenvalue weighted by Crippen LogP contribution is -2.28. The number of hydrogen-bond acceptors (Lipinski definition) is 5. The second-order valence-electron chi connectivity index (χ2n) is 6.93. The van der Waals surface area contributed by atoms with E-state index in [2.05, 4.69) is 0 Å². The van der Waals surface area contributed by atoms with E-state index in [1.807, 2.05) is 24.5 Å². The number of nitro groups is 1. The number of cyclic esters (lactones) is 1. The lowest BCUT2D eigenvalue weighted by atomic mass is 10.2. The molecule has 4 rings (SSSR count). The van der Waals surface area contributed by atoms with Gasteiger partial charge in [-0.3, -0.25) is 14.9 Å². The van der Waals surface area contributed by atoms with E-state index in [1.54, 1.807) is 36.4 Å². The van der Waals surface area contributed by atoms with Crippen LogP contribution in [-0.4, -0.2) is 21.5 Å². The molecule has 31 heavy (non-hydrogen) atoms. The zero-order valence-electron chi connectivity index (χ0n) is 16.5. The molecular formula is C22H16ClN3O5. The van der Waals surface area contributed by atoms with Crippen molar-refractivity contribution in [3.63, 3.8) is 0 Å². The summed E-state index contributed by atoms with van der Waals surface area (Å²) in [7, 11) is 0. The number of amides is 2. The molecule has 2 heterocycles. The van der Waals surface area contributed by atoms with Crippen molar-refractivity contribution < 1.29 is 19.2 Å². The fourth-order valence-corrected chi connectivity index (χ4v) is 3.62. The third kappa shape index (κ3) is 3.69. The van der Waals surface area contributed by atoms with Gasteiger partial charge in [0.25, 0.3) is 5.69 Å². The van der Waals surface area contributed by atoms with Gasteiger partial charge in [0.2, 0.25) is 0 Å². The standard InChI is InChI=1S/C22H16ClN3O5/c1-13-10-15(14(2)24(13)18-4-3-5-19(12-18)26(29)30)11-20-21(27)25(22(28)31-20)17-8-6-16(23)7-9-17/h3-12H,1-2H3. The van der Waals surface area contributed by atoms with E-state index in [0.29, 0.717) is 22.0 Å². The van der Waals surface area contributed by atoms with Crippen LogP contribution in [-0.2, 0) is 9.53 Å². The molecule has 1 saturated heterocycles. The summed E-state index contributed by atoms with van der Waals surface area (Å²) >= 11 is 5.87. The molecule has 2 aromatic carbocycles. The minimum atomic E-state index is -0.800. The number of nitrogens with zero attached hydrogens (tertiary/aromatic N) is 3. The summed E-state index contributed by atoms with van der Waals surface area (Å²) in [4.78, 5) is 36.7. The molecule has 1 fully saturated rings. The molecule has 1 aromatic heterocycles. The molecule has 0 unspecified atom stereocenters. The maximum absolute atomic E-state index is 12.8. The topological polar surface area (TPSA) is 94.7 Å². The van der Waals surface area contributed by atoms with Crippen molar-refractivity contribution in [3.8, 4) is 5.69 Å². The summed E-state index contributed by atoms with van der Waals surface area (Å²) in [5, 5.41) is 11.6. The molecule has 0 radical (unpaired) electrons. The summed E-state index contributed by atoms with van der Waals surface area (Å²) in [6.07, 6.45) is 0.692. The Labute approximate surface area is 182 Å². The number of aromatic nitrogens is 1. The number of imide groups is 1. The summed E-state index contributed by atoms with van der Waals surface area (Å²) in [6, 6.07) is 14.3. The van der Waals surface area contributed by atoms with Gasteiger partial charge < -0.3 is 9.30 Å². The molecule has 156 valence electrons. The van der Waals surface area contributed by atoms with Crippen LogP contribution in [0.4, 0.5) is 16.2 Å². The maximum atomic E-state index is 12.8. The predicted molar refractivity (Wildman–Crippen MR) is 115 cm³/mol. The van der Waals surface area contributed by atoms with Crippen LogP contribution in [0.25, 0.3) is 11.8 Å². The maximum Gasteiger partial charge on any atom is 0.427 e. The van der Waals surface area contributed by atoms with E-state index in [4.69, 9.17) is 16.3 Å². The Kier molecular flexibility index (Phi) is 5.08. The van der Waals surface area contributed by atoms with Gasteiger partial charge in [0.1, 0.15) is 0 Å². The Balaban J connectivity index is 1.70. The predicted octanol–water partition coefficient (Wildman–Crippen LogP) is 5.18. The summed E-state index contributed by atoms with van der Waals surface area (Å²) < 4.78 is 7.03. The first-order valence-electron chi connectivity index (χ1n) is 9.23. The number of non-ortho nitro benzene ring substituents is 1. The molecule has 3 aromatic rings. The number of ether oxygens (including phenoxy) is 1. The van der Waals surface area contributed by atoms with E-state index >= 15 is 0 Å². The molecule has 8 nitrogen and oxygen atoms in total. The molecule has 1 aliphatic rings. The van der Waals surface area contributed by atoms with Gasteiger partial charge in [-0.15, -0.1) is 0 Å². The molecular weight excluding hydrogens is 422 g/mol. The number of aryl methyl sites for hydroxylation is 1. The van der Waals surface area contributed by atoms with Crippen molar-refractivity contribution in [2.24, 2.45) is 0 Å². The van der Waals surface area contributed by atoms with Crippen LogP contribution in [0.15, 0.2) is 60.4 Å². The van der Waals surface area contributed by atoms with Crippen molar-refractivity contribution >= 4 is 41.1 Å². The van der Waals surface area contributed by atoms with Gasteiger partial charge in [-0.1, -0.05) is 17.7 Å². The van der Waals surface area contributed by atoms with E-state index in [1.165, 1.54) is 18.2 Å². The second-order valence-corrected chi connectivity index (χ2v) is 7.37. The Hall–Kier alpha value is -3.91. The largest absolute Gasteiger partial charge is 0.427 e. The Bertz CT molecular complexity index is 1260. The zero-order valence-corrected chi connectivity index (χ0v) is 17.3. The monoisotopic (exact) mass is 437 g/mol. The summed E-state index contributed by atoms with van der Waals surface area (Å²) in [6.45, 7) is 3.66. The van der Waals surface area contributed by atoms with Crippen LogP contribution in [0.1, 0.15) is 17.0 Å². The molecule has 0 N–H and O–H groups in total. The van der Waals surface area contributed by atoms with Gasteiger partial charge in [0.15, 0.2) is 5.76 Å².